The molecule has 0 spiro atoms. The minimum Gasteiger partial charge on any atom is -0.360 e. The highest BCUT2D eigenvalue weighted by Gasteiger charge is 2.21. The van der Waals surface area contributed by atoms with Crippen LogP contribution in [-0.4, -0.2) is 28.4 Å². The van der Waals surface area contributed by atoms with Crippen LogP contribution in [-0.2, 0) is 4.79 Å². The SMILES string of the molecule is O=C1CCC(Nc2ncccc2[N+](=O)[O-])CN1. The minimum absolute atomic E-state index is 0.0126. The van der Waals surface area contributed by atoms with Gasteiger partial charge in [-0.1, -0.05) is 0 Å². The zero-order valence-corrected chi connectivity index (χ0v) is 9.05. The molecule has 1 amide bonds. The van der Waals surface area contributed by atoms with Crippen LogP contribution in [0.25, 0.3) is 0 Å². The summed E-state index contributed by atoms with van der Waals surface area (Å²) in [5.41, 5.74) is -0.0515. The van der Waals surface area contributed by atoms with Crippen molar-refractivity contribution in [2.75, 3.05) is 11.9 Å². The highest BCUT2D eigenvalue weighted by molar-refractivity contribution is 5.77. The van der Waals surface area contributed by atoms with Gasteiger partial charge in [0.25, 0.3) is 0 Å². The molecule has 0 saturated carbocycles. The van der Waals surface area contributed by atoms with Crippen LogP contribution >= 0.6 is 0 Å². The lowest BCUT2D eigenvalue weighted by atomic mass is 10.1. The molecular formula is C10H12N4O3. The molecule has 0 bridgehead atoms. The van der Waals surface area contributed by atoms with Crippen LogP contribution in [0.4, 0.5) is 11.5 Å². The zero-order valence-electron chi connectivity index (χ0n) is 9.05. The first-order valence-electron chi connectivity index (χ1n) is 5.29. The molecule has 1 saturated heterocycles. The third-order valence-electron chi connectivity index (χ3n) is 2.59. The second-order valence-corrected chi connectivity index (χ2v) is 3.81. The van der Waals surface area contributed by atoms with Gasteiger partial charge in [0.1, 0.15) is 0 Å². The zero-order chi connectivity index (χ0) is 12.3. The first-order chi connectivity index (χ1) is 8.16. The van der Waals surface area contributed by atoms with Gasteiger partial charge in [-0.3, -0.25) is 14.9 Å². The third kappa shape index (κ3) is 2.68. The fraction of sp³-hybridized carbons (Fsp3) is 0.400. The Morgan fingerprint density at radius 3 is 3.06 bits per heavy atom. The number of carbonyl (C=O) groups is 1. The standard InChI is InChI=1S/C10H12N4O3/c15-9-4-3-7(6-12-9)13-10-8(14(16)17)2-1-5-11-10/h1-2,5,7H,3-4,6H2,(H,11,13)(H,12,15). The van der Waals surface area contributed by atoms with E-state index < -0.39 is 4.92 Å². The molecule has 1 fully saturated rings. The van der Waals surface area contributed by atoms with E-state index in [1.54, 1.807) is 0 Å². The Balaban J connectivity index is 2.08. The van der Waals surface area contributed by atoms with E-state index in [-0.39, 0.29) is 23.5 Å². The van der Waals surface area contributed by atoms with Gasteiger partial charge in [0.05, 0.1) is 4.92 Å². The Hall–Kier alpha value is -2.18. The average molecular weight is 236 g/mol. The van der Waals surface area contributed by atoms with E-state index in [2.05, 4.69) is 15.6 Å². The first-order valence-corrected chi connectivity index (χ1v) is 5.29. The quantitative estimate of drug-likeness (QED) is 0.594. The van der Waals surface area contributed by atoms with Gasteiger partial charge in [-0.05, 0) is 12.5 Å². The van der Waals surface area contributed by atoms with Gasteiger partial charge in [0.15, 0.2) is 0 Å². The van der Waals surface area contributed by atoms with Crippen LogP contribution in [0.1, 0.15) is 12.8 Å². The fourth-order valence-corrected chi connectivity index (χ4v) is 1.70. The van der Waals surface area contributed by atoms with Crippen LogP contribution in [0.3, 0.4) is 0 Å². The van der Waals surface area contributed by atoms with Crippen molar-refractivity contribution >= 4 is 17.4 Å². The monoisotopic (exact) mass is 236 g/mol. The topological polar surface area (TPSA) is 97.2 Å². The second-order valence-electron chi connectivity index (χ2n) is 3.81. The summed E-state index contributed by atoms with van der Waals surface area (Å²) in [6, 6.07) is 2.91. The normalized spacial score (nSPS) is 19.5. The average Bonchev–Trinajstić information content (AvgIpc) is 2.32. The maximum absolute atomic E-state index is 11.0. The summed E-state index contributed by atoms with van der Waals surface area (Å²) in [4.78, 5) is 25.2. The molecule has 1 aliphatic heterocycles. The number of nitrogens with zero attached hydrogens (tertiary/aromatic N) is 2. The number of nitro groups is 1. The Morgan fingerprint density at radius 2 is 2.41 bits per heavy atom. The van der Waals surface area contributed by atoms with Crippen molar-refractivity contribution in [2.24, 2.45) is 0 Å². The van der Waals surface area contributed by atoms with Crippen LogP contribution in [0, 0.1) is 10.1 Å². The second kappa shape index (κ2) is 4.77. The molecule has 1 aromatic heterocycles. The van der Waals surface area contributed by atoms with Gasteiger partial charge in [-0.25, -0.2) is 4.98 Å². The first kappa shape index (κ1) is 11.3. The lowest BCUT2D eigenvalue weighted by Crippen LogP contribution is -2.42. The number of hydrogen-bond donors (Lipinski definition) is 2. The van der Waals surface area contributed by atoms with Crippen LogP contribution in [0.5, 0.6) is 0 Å². The molecule has 1 unspecified atom stereocenters. The molecule has 7 nitrogen and oxygen atoms in total. The van der Waals surface area contributed by atoms with Crippen molar-refractivity contribution in [3.63, 3.8) is 0 Å². The summed E-state index contributed by atoms with van der Waals surface area (Å²) in [5, 5.41) is 16.5. The molecule has 17 heavy (non-hydrogen) atoms. The van der Waals surface area contributed by atoms with Crippen LogP contribution in [0.15, 0.2) is 18.3 Å². The van der Waals surface area contributed by atoms with Gasteiger partial charge in [0.2, 0.25) is 11.7 Å². The molecule has 90 valence electrons. The molecule has 1 atom stereocenters. The van der Waals surface area contributed by atoms with E-state index in [1.165, 1.54) is 18.3 Å². The summed E-state index contributed by atoms with van der Waals surface area (Å²) >= 11 is 0. The van der Waals surface area contributed by atoms with E-state index in [9.17, 15) is 14.9 Å². The smallest absolute Gasteiger partial charge is 0.311 e. The van der Waals surface area contributed by atoms with E-state index >= 15 is 0 Å². The predicted octanol–water partition coefficient (Wildman–Crippen LogP) is 0.680. The number of anilines is 1. The van der Waals surface area contributed by atoms with Crippen LogP contribution in [0.2, 0.25) is 0 Å². The Morgan fingerprint density at radius 1 is 1.59 bits per heavy atom. The molecule has 1 aliphatic rings. The molecule has 2 N–H and O–H groups in total. The maximum Gasteiger partial charge on any atom is 0.311 e. The van der Waals surface area contributed by atoms with E-state index in [4.69, 9.17) is 0 Å². The predicted molar refractivity (Wildman–Crippen MR) is 60.5 cm³/mol. The van der Waals surface area contributed by atoms with Gasteiger partial charge >= 0.3 is 5.69 Å². The molecule has 0 radical (unpaired) electrons. The number of piperidine rings is 1. The van der Waals surface area contributed by atoms with Gasteiger partial charge in [-0.2, -0.15) is 0 Å². The number of aromatic nitrogens is 1. The lowest BCUT2D eigenvalue weighted by Gasteiger charge is -2.23. The number of rotatable bonds is 3. The minimum atomic E-state index is -0.475. The summed E-state index contributed by atoms with van der Waals surface area (Å²) in [6.07, 6.45) is 2.58. The van der Waals surface area contributed by atoms with E-state index in [0.717, 1.165) is 0 Å². The lowest BCUT2D eigenvalue weighted by molar-refractivity contribution is -0.384. The summed E-state index contributed by atoms with van der Waals surface area (Å²) < 4.78 is 0. The Bertz CT molecular complexity index is 439. The van der Waals surface area contributed by atoms with Gasteiger partial charge in [0, 0.05) is 31.3 Å². The fourth-order valence-electron chi connectivity index (χ4n) is 1.70. The van der Waals surface area contributed by atoms with E-state index in [0.29, 0.717) is 19.4 Å². The highest BCUT2D eigenvalue weighted by atomic mass is 16.6. The summed E-state index contributed by atoms with van der Waals surface area (Å²) in [6.45, 7) is 0.465. The van der Waals surface area contributed by atoms with Crippen molar-refractivity contribution < 1.29 is 9.72 Å². The highest BCUT2D eigenvalue weighted by Crippen LogP contribution is 2.22. The van der Waals surface area contributed by atoms with Crippen molar-refractivity contribution in [1.29, 1.82) is 0 Å². The maximum atomic E-state index is 11.0. The molecule has 2 heterocycles. The molecule has 1 aromatic rings. The largest absolute Gasteiger partial charge is 0.360 e. The number of pyridine rings is 1. The molecule has 0 aliphatic carbocycles. The Kier molecular flexibility index (Phi) is 3.17. The third-order valence-corrected chi connectivity index (χ3v) is 2.59. The van der Waals surface area contributed by atoms with Gasteiger partial charge in [-0.15, -0.1) is 0 Å². The molecule has 7 heteroatoms. The molecular weight excluding hydrogens is 224 g/mol. The van der Waals surface area contributed by atoms with Gasteiger partial charge < -0.3 is 10.6 Å². The van der Waals surface area contributed by atoms with E-state index in [1.807, 2.05) is 0 Å². The Labute approximate surface area is 97.4 Å². The summed E-state index contributed by atoms with van der Waals surface area (Å²) in [7, 11) is 0. The number of carbonyl (C=O) groups excluding carboxylic acids is 1. The number of amides is 1. The molecule has 0 aromatic carbocycles. The van der Waals surface area contributed by atoms with Crippen molar-refractivity contribution in [3.05, 3.63) is 28.4 Å². The van der Waals surface area contributed by atoms with Crippen molar-refractivity contribution in [2.45, 2.75) is 18.9 Å². The number of hydrogen-bond acceptors (Lipinski definition) is 5. The molecule has 2 rings (SSSR count). The van der Waals surface area contributed by atoms with Crippen LogP contribution < -0.4 is 10.6 Å². The number of nitrogens with one attached hydrogen (secondary N) is 2. The summed E-state index contributed by atoms with van der Waals surface area (Å²) in [5.74, 6) is 0.261. The van der Waals surface area contributed by atoms with Crippen molar-refractivity contribution in [1.82, 2.24) is 10.3 Å². The van der Waals surface area contributed by atoms with Crippen molar-refractivity contribution in [3.8, 4) is 0 Å².